The molecular weight excluding hydrogens is 437 g/mol. The summed E-state index contributed by atoms with van der Waals surface area (Å²) in [5, 5.41) is 8.39. The highest BCUT2D eigenvalue weighted by atomic mass is 19.1. The predicted molar refractivity (Wildman–Crippen MR) is 125 cm³/mol. The van der Waals surface area contributed by atoms with Crippen LogP contribution in [-0.4, -0.2) is 26.6 Å². The summed E-state index contributed by atoms with van der Waals surface area (Å²) in [5.41, 5.74) is 14.7. The van der Waals surface area contributed by atoms with Gasteiger partial charge in [0.1, 0.15) is 28.7 Å². The Kier molecular flexibility index (Phi) is 6.27. The summed E-state index contributed by atoms with van der Waals surface area (Å²) in [6, 6.07) is 14.7. The van der Waals surface area contributed by atoms with Crippen molar-refractivity contribution < 1.29 is 18.5 Å². The zero-order valence-electron chi connectivity index (χ0n) is 18.8. The quantitative estimate of drug-likeness (QED) is 0.408. The lowest BCUT2D eigenvalue weighted by atomic mass is 10.0. The van der Waals surface area contributed by atoms with Gasteiger partial charge in [-0.1, -0.05) is 41.6 Å². The zero-order chi connectivity index (χ0) is 24.4. The molecule has 0 saturated carbocycles. The van der Waals surface area contributed by atoms with Gasteiger partial charge >= 0.3 is 0 Å². The molecule has 4 aromatic rings. The average Bonchev–Trinajstić information content (AvgIpc) is 3.38. The van der Waals surface area contributed by atoms with Crippen LogP contribution in [-0.2, 0) is 17.6 Å². The minimum atomic E-state index is -0.649. The fourth-order valence-corrected chi connectivity index (χ4v) is 3.73. The van der Waals surface area contributed by atoms with Gasteiger partial charge < -0.3 is 16.0 Å². The molecule has 1 amide bonds. The molecule has 4 rings (SSSR count). The molecule has 174 valence electrons. The maximum Gasteiger partial charge on any atom is 0.254 e. The molecule has 0 atom stereocenters. The number of hydrogen-bond acceptors (Lipinski definition) is 6. The molecule has 2 aromatic carbocycles. The number of rotatable bonds is 8. The third-order valence-corrected chi connectivity index (χ3v) is 5.36. The lowest BCUT2D eigenvalue weighted by Crippen LogP contribution is -2.15. The van der Waals surface area contributed by atoms with E-state index in [0.717, 1.165) is 5.56 Å². The average molecular weight is 461 g/mol. The molecule has 4 N–H and O–H groups in total. The Labute approximate surface area is 195 Å². The molecule has 0 saturated heterocycles. The predicted octanol–water partition coefficient (Wildman–Crippen LogP) is 3.96. The number of nitrogens with two attached hydrogens (primary N) is 2. The largest absolute Gasteiger partial charge is 0.383 e. The lowest BCUT2D eigenvalue weighted by Gasteiger charge is -2.06. The topological polar surface area (TPSA) is 130 Å². The van der Waals surface area contributed by atoms with E-state index >= 15 is 0 Å². The normalized spacial score (nSPS) is 11.2. The van der Waals surface area contributed by atoms with Crippen molar-refractivity contribution in [2.75, 3.05) is 5.73 Å². The van der Waals surface area contributed by atoms with Crippen molar-refractivity contribution in [2.45, 2.75) is 32.7 Å². The van der Waals surface area contributed by atoms with Crippen LogP contribution in [0.25, 0.3) is 22.6 Å². The van der Waals surface area contributed by atoms with Gasteiger partial charge in [0.15, 0.2) is 5.76 Å². The van der Waals surface area contributed by atoms with E-state index in [0.29, 0.717) is 28.3 Å². The van der Waals surface area contributed by atoms with E-state index in [1.807, 2.05) is 13.8 Å². The second kappa shape index (κ2) is 9.30. The summed E-state index contributed by atoms with van der Waals surface area (Å²) in [7, 11) is 0. The van der Waals surface area contributed by atoms with Crippen LogP contribution in [0.1, 0.15) is 41.5 Å². The molecule has 0 unspecified atom stereocenters. The molecule has 8 nitrogen and oxygen atoms in total. The van der Waals surface area contributed by atoms with Gasteiger partial charge in [0.05, 0.1) is 12.1 Å². The van der Waals surface area contributed by atoms with E-state index in [2.05, 4.69) is 10.3 Å². The molecule has 2 aromatic heterocycles. The molecule has 0 aliphatic heterocycles. The number of nitrogens with zero attached hydrogens (tertiary/aromatic N) is 3. The summed E-state index contributed by atoms with van der Waals surface area (Å²) in [6.07, 6.45) is 0.273. The maximum absolute atomic E-state index is 13.4. The van der Waals surface area contributed by atoms with Crippen LogP contribution in [0.3, 0.4) is 0 Å². The molecule has 0 radical (unpaired) electrons. The van der Waals surface area contributed by atoms with Gasteiger partial charge in [0.2, 0.25) is 0 Å². The van der Waals surface area contributed by atoms with Gasteiger partial charge in [-0.25, -0.2) is 9.07 Å². The number of hydrogen-bond donors (Lipinski definition) is 2. The van der Waals surface area contributed by atoms with Gasteiger partial charge in [-0.15, -0.1) is 0 Å². The molecule has 0 fully saturated rings. The summed E-state index contributed by atoms with van der Waals surface area (Å²) < 4.78 is 20.2. The number of carbonyl (C=O) groups excluding carboxylic acids is 2. The van der Waals surface area contributed by atoms with Crippen molar-refractivity contribution in [3.8, 4) is 22.6 Å². The Morgan fingerprint density at radius 1 is 1.06 bits per heavy atom. The monoisotopic (exact) mass is 461 g/mol. The number of carbonyl (C=O) groups is 2. The highest BCUT2D eigenvalue weighted by Gasteiger charge is 2.22. The Hall–Kier alpha value is -4.27. The van der Waals surface area contributed by atoms with Crippen molar-refractivity contribution in [3.63, 3.8) is 0 Å². The highest BCUT2D eigenvalue weighted by Crippen LogP contribution is 2.29. The Bertz CT molecular complexity index is 1360. The Balaban J connectivity index is 1.46. The smallest absolute Gasteiger partial charge is 0.254 e. The molecule has 0 bridgehead atoms. The second-order valence-corrected chi connectivity index (χ2v) is 8.29. The number of halogens is 1. The van der Waals surface area contributed by atoms with Crippen LogP contribution < -0.4 is 11.5 Å². The van der Waals surface area contributed by atoms with Gasteiger partial charge in [-0.3, -0.25) is 9.59 Å². The zero-order valence-corrected chi connectivity index (χ0v) is 18.8. The maximum atomic E-state index is 13.4. The first-order chi connectivity index (χ1) is 16.2. The number of aromatic nitrogens is 3. The number of benzene rings is 2. The minimum absolute atomic E-state index is 0.0401. The number of primary amides is 1. The van der Waals surface area contributed by atoms with Crippen LogP contribution in [0, 0.1) is 5.82 Å². The van der Waals surface area contributed by atoms with E-state index in [4.69, 9.17) is 16.0 Å². The first kappa shape index (κ1) is 22.9. The number of Topliss-reactive ketones (excluding diaryl/α,β-unsaturated/α-hetero) is 1. The van der Waals surface area contributed by atoms with Crippen molar-refractivity contribution in [1.82, 2.24) is 14.9 Å². The summed E-state index contributed by atoms with van der Waals surface area (Å²) >= 11 is 0. The number of nitrogen functional groups attached to an aromatic ring is 1. The third-order valence-electron chi connectivity index (χ3n) is 5.36. The molecular formula is C25H24FN5O3. The summed E-state index contributed by atoms with van der Waals surface area (Å²) in [4.78, 5) is 24.5. The van der Waals surface area contributed by atoms with Crippen LogP contribution in [0.2, 0.25) is 0 Å². The van der Waals surface area contributed by atoms with Crippen LogP contribution in [0.5, 0.6) is 0 Å². The minimum Gasteiger partial charge on any atom is -0.383 e. The van der Waals surface area contributed by atoms with Gasteiger partial charge in [0, 0.05) is 29.7 Å². The van der Waals surface area contributed by atoms with E-state index < -0.39 is 5.91 Å². The molecule has 0 aliphatic carbocycles. The summed E-state index contributed by atoms with van der Waals surface area (Å²) in [6.45, 7) is 3.81. The number of anilines is 1. The van der Waals surface area contributed by atoms with Crippen molar-refractivity contribution in [3.05, 3.63) is 77.2 Å². The molecule has 2 heterocycles. The first-order valence-corrected chi connectivity index (χ1v) is 10.7. The van der Waals surface area contributed by atoms with Crippen molar-refractivity contribution in [2.24, 2.45) is 5.73 Å². The lowest BCUT2D eigenvalue weighted by molar-refractivity contribution is -0.117. The van der Waals surface area contributed by atoms with Crippen molar-refractivity contribution >= 4 is 17.5 Å². The van der Waals surface area contributed by atoms with E-state index in [1.54, 1.807) is 47.1 Å². The molecule has 9 heteroatoms. The van der Waals surface area contributed by atoms with Crippen LogP contribution >= 0.6 is 0 Å². The standard InChI is InChI=1S/C25H24FN5O3/c1-14(2)31-24(27)22(25(28)33)23(29-31)16-8-6-15(7-9-16)10-20(32)12-19-13-21(34-30-19)17-4-3-5-18(26)11-17/h3-9,11,13-14H,10,12,27H2,1-2H3,(H2,28,33). The fraction of sp³-hybridized carbons (Fsp3) is 0.200. The second-order valence-electron chi connectivity index (χ2n) is 8.29. The fourth-order valence-electron chi connectivity index (χ4n) is 3.73. The Morgan fingerprint density at radius 3 is 2.44 bits per heavy atom. The summed E-state index contributed by atoms with van der Waals surface area (Å²) in [5.74, 6) is -0.461. The van der Waals surface area contributed by atoms with E-state index in [9.17, 15) is 14.0 Å². The van der Waals surface area contributed by atoms with E-state index in [1.165, 1.54) is 12.1 Å². The van der Waals surface area contributed by atoms with Gasteiger partial charge in [0.25, 0.3) is 5.91 Å². The Morgan fingerprint density at radius 2 is 1.79 bits per heavy atom. The first-order valence-electron chi connectivity index (χ1n) is 10.7. The SMILES string of the molecule is CC(C)n1nc(-c2ccc(CC(=O)Cc3cc(-c4cccc(F)c4)on3)cc2)c(C(N)=O)c1N. The molecule has 0 aliphatic rings. The number of amides is 1. The van der Waals surface area contributed by atoms with Gasteiger partial charge in [-0.2, -0.15) is 5.10 Å². The highest BCUT2D eigenvalue weighted by molar-refractivity contribution is 6.03. The van der Waals surface area contributed by atoms with Crippen LogP contribution in [0.4, 0.5) is 10.2 Å². The van der Waals surface area contributed by atoms with E-state index in [-0.39, 0.29) is 41.9 Å². The van der Waals surface area contributed by atoms with Gasteiger partial charge in [-0.05, 0) is 31.5 Å². The number of ketones is 1. The third kappa shape index (κ3) is 4.73. The molecule has 0 spiro atoms. The van der Waals surface area contributed by atoms with Crippen LogP contribution in [0.15, 0.2) is 59.1 Å². The van der Waals surface area contributed by atoms with Crippen molar-refractivity contribution in [1.29, 1.82) is 0 Å². The molecule has 34 heavy (non-hydrogen) atoms.